The summed E-state index contributed by atoms with van der Waals surface area (Å²) in [5, 5.41) is 0. The van der Waals surface area contributed by atoms with Crippen LogP contribution in [0, 0.1) is 11.7 Å². The number of rotatable bonds is 11. The van der Waals surface area contributed by atoms with Gasteiger partial charge in [-0.2, -0.15) is 0 Å². The molecule has 0 aliphatic carbocycles. The van der Waals surface area contributed by atoms with Gasteiger partial charge in [-0.3, -0.25) is 0 Å². The van der Waals surface area contributed by atoms with Crippen molar-refractivity contribution in [2.45, 2.75) is 27.2 Å². The summed E-state index contributed by atoms with van der Waals surface area (Å²) in [6, 6.07) is 11.4. The maximum atomic E-state index is 15.0. The van der Waals surface area contributed by atoms with Crippen molar-refractivity contribution in [3.63, 3.8) is 0 Å². The number of carbonyl (C=O) groups excluding carboxylic acids is 3. The predicted octanol–water partition coefficient (Wildman–Crippen LogP) is 5.37. The highest BCUT2D eigenvalue weighted by Crippen LogP contribution is 2.26. The molecule has 2 aromatic carbocycles. The molecule has 0 fully saturated rings. The van der Waals surface area contributed by atoms with E-state index in [0.717, 1.165) is 5.56 Å². The van der Waals surface area contributed by atoms with Crippen LogP contribution in [0.5, 0.6) is 5.75 Å². The Morgan fingerprint density at radius 2 is 1.26 bits per heavy atom. The van der Waals surface area contributed by atoms with Gasteiger partial charge in [0.15, 0.2) is 0 Å². The van der Waals surface area contributed by atoms with E-state index in [4.69, 9.17) is 14.2 Å². The lowest BCUT2D eigenvalue weighted by Gasteiger charge is -2.18. The summed E-state index contributed by atoms with van der Waals surface area (Å²) < 4.78 is 30.5. The average molecular weight is 481 g/mol. The van der Waals surface area contributed by atoms with Gasteiger partial charge in [0.25, 0.3) is 0 Å². The Morgan fingerprint density at radius 3 is 1.71 bits per heavy atom. The van der Waals surface area contributed by atoms with Crippen molar-refractivity contribution >= 4 is 17.9 Å². The molecule has 0 bridgehead atoms. The summed E-state index contributed by atoms with van der Waals surface area (Å²) in [5.74, 6) is -2.24. The molecule has 0 heterocycles. The number of carbonyl (C=O) groups is 3. The van der Waals surface area contributed by atoms with Crippen LogP contribution in [0.15, 0.2) is 78.9 Å². The Labute approximate surface area is 204 Å². The third kappa shape index (κ3) is 8.37. The van der Waals surface area contributed by atoms with Crippen molar-refractivity contribution in [3.8, 4) is 16.9 Å². The van der Waals surface area contributed by atoms with Gasteiger partial charge in [-0.05, 0) is 62.1 Å². The molecule has 0 atom stereocenters. The largest absolute Gasteiger partial charge is 0.462 e. The first kappa shape index (κ1) is 27.2. The van der Waals surface area contributed by atoms with Crippen molar-refractivity contribution in [2.24, 2.45) is 5.92 Å². The summed E-state index contributed by atoms with van der Waals surface area (Å²) in [6.07, 6.45) is 0.175. The summed E-state index contributed by atoms with van der Waals surface area (Å²) in [5.41, 5.74) is 2.49. The normalized spacial score (nSPS) is 10.4. The predicted molar refractivity (Wildman–Crippen MR) is 131 cm³/mol. The van der Waals surface area contributed by atoms with E-state index in [1.165, 1.54) is 19.9 Å². The number of hydrogen-bond acceptors (Lipinski definition) is 6. The third-order valence-corrected chi connectivity index (χ3v) is 4.91. The second-order valence-corrected chi connectivity index (χ2v) is 8.33. The minimum atomic E-state index is -0.575. The van der Waals surface area contributed by atoms with Crippen LogP contribution in [0.2, 0.25) is 0 Å². The Kier molecular flexibility index (Phi) is 9.70. The van der Waals surface area contributed by atoms with Crippen LogP contribution in [0.25, 0.3) is 11.1 Å². The van der Waals surface area contributed by atoms with Gasteiger partial charge in [0.2, 0.25) is 0 Å². The van der Waals surface area contributed by atoms with E-state index in [0.29, 0.717) is 16.9 Å². The summed E-state index contributed by atoms with van der Waals surface area (Å²) in [6.45, 7) is 15.1. The molecule has 2 aromatic rings. The number of hydrogen-bond donors (Lipinski definition) is 0. The Bertz CT molecular complexity index is 1120. The third-order valence-electron chi connectivity index (χ3n) is 4.91. The molecular weight excluding hydrogens is 451 g/mol. The van der Waals surface area contributed by atoms with Crippen molar-refractivity contribution in [3.05, 3.63) is 90.3 Å². The average Bonchev–Trinajstić information content (AvgIpc) is 2.81. The molecule has 0 aliphatic rings. The maximum Gasteiger partial charge on any atom is 0.338 e. The van der Waals surface area contributed by atoms with Gasteiger partial charge in [-0.15, -0.1) is 0 Å². The smallest absolute Gasteiger partial charge is 0.338 e. The lowest BCUT2D eigenvalue weighted by Crippen LogP contribution is -2.23. The highest BCUT2D eigenvalue weighted by molar-refractivity contribution is 5.89. The maximum absolute atomic E-state index is 15.0. The fourth-order valence-corrected chi connectivity index (χ4v) is 2.91. The first-order chi connectivity index (χ1) is 16.5. The molecular formula is C28H29FO6. The minimum absolute atomic E-state index is 0.0687. The molecule has 35 heavy (non-hydrogen) atoms. The lowest BCUT2D eigenvalue weighted by atomic mass is 9.97. The molecule has 0 N–H and O–H groups in total. The first-order valence-electron chi connectivity index (χ1n) is 10.9. The number of ether oxygens (including phenoxy) is 3. The van der Waals surface area contributed by atoms with Gasteiger partial charge in [0.1, 0.15) is 11.6 Å². The Balaban J connectivity index is 2.14. The summed E-state index contributed by atoms with van der Waals surface area (Å²) in [7, 11) is 0. The second-order valence-electron chi connectivity index (χ2n) is 8.33. The van der Waals surface area contributed by atoms with Crippen LogP contribution in [0.1, 0.15) is 26.3 Å². The zero-order valence-corrected chi connectivity index (χ0v) is 20.2. The van der Waals surface area contributed by atoms with Crippen LogP contribution in [-0.2, 0) is 30.3 Å². The van der Waals surface area contributed by atoms with Gasteiger partial charge in [0, 0.05) is 22.6 Å². The zero-order chi connectivity index (χ0) is 26.1. The van der Waals surface area contributed by atoms with Gasteiger partial charge in [0.05, 0.1) is 13.2 Å². The molecule has 0 radical (unpaired) electrons. The Morgan fingerprint density at radius 1 is 0.771 bits per heavy atom. The van der Waals surface area contributed by atoms with Crippen LogP contribution in [-0.4, -0.2) is 31.1 Å². The molecule has 0 aliphatic heterocycles. The molecule has 2 rings (SSSR count). The number of benzene rings is 2. The van der Waals surface area contributed by atoms with Gasteiger partial charge < -0.3 is 14.2 Å². The zero-order valence-electron chi connectivity index (χ0n) is 20.2. The standard InChI is InChI=1S/C28H29FO6/c1-17(2)26(30)33-15-20(16-34-27(31)18(3)4)13-23-8-7-22(14-25(23)29)21-9-11-24(12-10-21)35-28(32)19(5)6/h7-12,14,20H,1,3,5,13,15-16H2,2,4,6H3. The van der Waals surface area contributed by atoms with Gasteiger partial charge in [-0.1, -0.05) is 44.0 Å². The summed E-state index contributed by atoms with van der Waals surface area (Å²) in [4.78, 5) is 35.2. The monoisotopic (exact) mass is 480 g/mol. The van der Waals surface area contributed by atoms with E-state index in [1.54, 1.807) is 43.3 Å². The molecule has 0 saturated heterocycles. The molecule has 0 unspecified atom stereocenters. The molecule has 184 valence electrons. The van der Waals surface area contributed by atoms with E-state index >= 15 is 0 Å². The molecule has 6 nitrogen and oxygen atoms in total. The van der Waals surface area contributed by atoms with Crippen molar-refractivity contribution < 1.29 is 33.0 Å². The lowest BCUT2D eigenvalue weighted by molar-refractivity contribution is -0.144. The minimum Gasteiger partial charge on any atom is -0.462 e. The van der Waals surface area contributed by atoms with Gasteiger partial charge in [-0.25, -0.2) is 18.8 Å². The summed E-state index contributed by atoms with van der Waals surface area (Å²) >= 11 is 0. The molecule has 0 amide bonds. The quantitative estimate of drug-likeness (QED) is 0.244. The van der Waals surface area contributed by atoms with Crippen LogP contribution in [0.4, 0.5) is 4.39 Å². The number of esters is 3. The molecule has 0 spiro atoms. The van der Waals surface area contributed by atoms with E-state index in [9.17, 15) is 18.8 Å². The van der Waals surface area contributed by atoms with Gasteiger partial charge >= 0.3 is 17.9 Å². The Hall–Kier alpha value is -4.00. The highest BCUT2D eigenvalue weighted by atomic mass is 19.1. The van der Waals surface area contributed by atoms with E-state index in [-0.39, 0.29) is 36.4 Å². The number of halogens is 1. The molecule has 7 heteroatoms. The fraction of sp³-hybridized carbons (Fsp3) is 0.250. The van der Waals surface area contributed by atoms with Crippen molar-refractivity contribution in [2.75, 3.05) is 13.2 Å². The topological polar surface area (TPSA) is 78.9 Å². The highest BCUT2D eigenvalue weighted by Gasteiger charge is 2.19. The second kappa shape index (κ2) is 12.5. The van der Waals surface area contributed by atoms with E-state index in [1.807, 2.05) is 0 Å². The van der Waals surface area contributed by atoms with Crippen LogP contribution < -0.4 is 4.74 Å². The van der Waals surface area contributed by atoms with Crippen molar-refractivity contribution in [1.29, 1.82) is 0 Å². The van der Waals surface area contributed by atoms with Crippen LogP contribution in [0.3, 0.4) is 0 Å². The first-order valence-corrected chi connectivity index (χ1v) is 10.9. The fourth-order valence-electron chi connectivity index (χ4n) is 2.91. The van der Waals surface area contributed by atoms with E-state index < -0.39 is 29.6 Å². The molecule has 0 aromatic heterocycles. The molecule has 0 saturated carbocycles. The van der Waals surface area contributed by atoms with Crippen molar-refractivity contribution in [1.82, 2.24) is 0 Å². The SMILES string of the molecule is C=C(C)C(=O)OCC(COC(=O)C(=C)C)Cc1ccc(-c2ccc(OC(=O)C(=C)C)cc2)cc1F. The van der Waals surface area contributed by atoms with Crippen LogP contribution >= 0.6 is 0 Å². The van der Waals surface area contributed by atoms with E-state index in [2.05, 4.69) is 19.7 Å².